The lowest BCUT2D eigenvalue weighted by Gasteiger charge is -2.12. The predicted octanol–water partition coefficient (Wildman–Crippen LogP) is 2.22. The van der Waals surface area contributed by atoms with E-state index >= 15 is 0 Å². The van der Waals surface area contributed by atoms with E-state index in [1.165, 1.54) is 11.1 Å². The van der Waals surface area contributed by atoms with Crippen molar-refractivity contribution in [2.75, 3.05) is 6.61 Å². The molecular weight excluding hydrogens is 214 g/mol. The van der Waals surface area contributed by atoms with Gasteiger partial charge in [0, 0.05) is 29.5 Å². The number of fused-ring (bicyclic) bond motifs is 1. The summed E-state index contributed by atoms with van der Waals surface area (Å²) in [4.78, 5) is 0. The van der Waals surface area contributed by atoms with E-state index in [4.69, 9.17) is 15.2 Å². The Morgan fingerprint density at radius 1 is 1.47 bits per heavy atom. The molecule has 1 aliphatic heterocycles. The predicted molar refractivity (Wildman–Crippen MR) is 66.7 cm³/mol. The van der Waals surface area contributed by atoms with Gasteiger partial charge < -0.3 is 15.2 Å². The summed E-state index contributed by atoms with van der Waals surface area (Å²) in [6.45, 7) is 4.82. The number of ether oxygens (including phenoxy) is 2. The molecule has 2 aliphatic rings. The van der Waals surface area contributed by atoms with Crippen LogP contribution in [0, 0.1) is 0 Å². The standard InChI is InChI=1S/C14H19NO2/c1-3-16-14-5-9-4-8(2)17-13(9)7-11(14)10-6-12(10)15/h5,7-8,10,12H,3-4,6,15H2,1-2H3/t8-,10-,12-/m0/s1. The Morgan fingerprint density at radius 2 is 2.24 bits per heavy atom. The zero-order valence-corrected chi connectivity index (χ0v) is 10.4. The minimum atomic E-state index is 0.280. The molecule has 2 N–H and O–H groups in total. The number of rotatable bonds is 3. The average molecular weight is 233 g/mol. The summed E-state index contributed by atoms with van der Waals surface area (Å²) >= 11 is 0. The Morgan fingerprint density at radius 3 is 2.88 bits per heavy atom. The van der Waals surface area contributed by atoms with Crippen molar-refractivity contribution in [1.29, 1.82) is 0 Å². The van der Waals surface area contributed by atoms with Crippen molar-refractivity contribution in [3.63, 3.8) is 0 Å². The molecule has 3 atom stereocenters. The highest BCUT2D eigenvalue weighted by molar-refractivity contribution is 5.52. The normalized spacial score (nSPS) is 29.7. The first-order valence-corrected chi connectivity index (χ1v) is 6.41. The van der Waals surface area contributed by atoms with Crippen molar-refractivity contribution in [2.24, 2.45) is 5.73 Å². The van der Waals surface area contributed by atoms with Crippen molar-refractivity contribution in [2.45, 2.75) is 44.8 Å². The van der Waals surface area contributed by atoms with Crippen LogP contribution in [-0.2, 0) is 6.42 Å². The Bertz CT molecular complexity index is 444. The van der Waals surface area contributed by atoms with Crippen molar-refractivity contribution in [1.82, 2.24) is 0 Å². The van der Waals surface area contributed by atoms with E-state index in [-0.39, 0.29) is 6.10 Å². The molecule has 3 heteroatoms. The molecule has 92 valence electrons. The van der Waals surface area contributed by atoms with Gasteiger partial charge in [-0.1, -0.05) is 0 Å². The van der Waals surface area contributed by atoms with Crippen LogP contribution >= 0.6 is 0 Å². The molecule has 3 nitrogen and oxygen atoms in total. The van der Waals surface area contributed by atoms with Gasteiger partial charge in [-0.3, -0.25) is 0 Å². The third-order valence-electron chi connectivity index (χ3n) is 3.57. The van der Waals surface area contributed by atoms with Gasteiger partial charge in [0.05, 0.1) is 6.61 Å². The maximum Gasteiger partial charge on any atom is 0.123 e. The Hall–Kier alpha value is -1.22. The first kappa shape index (κ1) is 10.9. The quantitative estimate of drug-likeness (QED) is 0.870. The molecule has 1 fully saturated rings. The van der Waals surface area contributed by atoms with Gasteiger partial charge in [0.2, 0.25) is 0 Å². The SMILES string of the molecule is CCOc1cc2c(cc1[C@@H]1C[C@@H]1N)O[C@@H](C)C2. The van der Waals surface area contributed by atoms with E-state index < -0.39 is 0 Å². The molecule has 1 aliphatic carbocycles. The number of hydrogen-bond donors (Lipinski definition) is 1. The summed E-state index contributed by atoms with van der Waals surface area (Å²) in [5, 5.41) is 0. The fourth-order valence-electron chi connectivity index (χ4n) is 2.60. The largest absolute Gasteiger partial charge is 0.494 e. The van der Waals surface area contributed by atoms with E-state index in [2.05, 4.69) is 19.1 Å². The van der Waals surface area contributed by atoms with Crippen molar-refractivity contribution in [3.8, 4) is 11.5 Å². The van der Waals surface area contributed by atoms with E-state index in [1.54, 1.807) is 0 Å². The van der Waals surface area contributed by atoms with E-state index in [9.17, 15) is 0 Å². The minimum absolute atomic E-state index is 0.280. The second-order valence-corrected chi connectivity index (χ2v) is 5.07. The van der Waals surface area contributed by atoms with Gasteiger partial charge in [0.25, 0.3) is 0 Å². The first-order valence-electron chi connectivity index (χ1n) is 6.41. The fraction of sp³-hybridized carbons (Fsp3) is 0.571. The molecular formula is C14H19NO2. The number of nitrogens with two attached hydrogens (primary N) is 1. The summed E-state index contributed by atoms with van der Waals surface area (Å²) in [6, 6.07) is 4.58. The van der Waals surface area contributed by atoms with Crippen LogP contribution in [0.1, 0.15) is 37.3 Å². The lowest BCUT2D eigenvalue weighted by molar-refractivity contribution is 0.254. The van der Waals surface area contributed by atoms with E-state index in [1.807, 2.05) is 6.92 Å². The van der Waals surface area contributed by atoms with Gasteiger partial charge >= 0.3 is 0 Å². The molecule has 0 aromatic heterocycles. The van der Waals surface area contributed by atoms with Gasteiger partial charge in [-0.15, -0.1) is 0 Å². The third kappa shape index (κ3) is 1.89. The highest BCUT2D eigenvalue weighted by atomic mass is 16.5. The fourth-order valence-corrected chi connectivity index (χ4v) is 2.60. The lowest BCUT2D eigenvalue weighted by Crippen LogP contribution is -2.05. The minimum Gasteiger partial charge on any atom is -0.494 e. The first-order chi connectivity index (χ1) is 8.19. The summed E-state index contributed by atoms with van der Waals surface area (Å²) in [5.74, 6) is 2.48. The molecule has 0 saturated heterocycles. The molecule has 17 heavy (non-hydrogen) atoms. The molecule has 1 aromatic rings. The molecule has 0 bridgehead atoms. The van der Waals surface area contributed by atoms with Crippen LogP contribution in [0.5, 0.6) is 11.5 Å². The van der Waals surface area contributed by atoms with Crippen LogP contribution in [0.15, 0.2) is 12.1 Å². The zero-order valence-electron chi connectivity index (χ0n) is 10.4. The van der Waals surface area contributed by atoms with Gasteiger partial charge in [0.1, 0.15) is 17.6 Å². The zero-order chi connectivity index (χ0) is 12.0. The molecule has 1 aromatic carbocycles. The monoisotopic (exact) mass is 233 g/mol. The van der Waals surface area contributed by atoms with E-state index in [0.717, 1.165) is 24.3 Å². The van der Waals surface area contributed by atoms with Crippen LogP contribution in [0.4, 0.5) is 0 Å². The summed E-state index contributed by atoms with van der Waals surface area (Å²) in [5.41, 5.74) is 8.43. The lowest BCUT2D eigenvalue weighted by atomic mass is 10.0. The molecule has 0 unspecified atom stereocenters. The number of hydrogen-bond acceptors (Lipinski definition) is 3. The van der Waals surface area contributed by atoms with Gasteiger partial charge in [-0.25, -0.2) is 0 Å². The van der Waals surface area contributed by atoms with Gasteiger partial charge in [-0.2, -0.15) is 0 Å². The smallest absolute Gasteiger partial charge is 0.123 e. The number of benzene rings is 1. The Balaban J connectivity index is 1.98. The molecule has 0 spiro atoms. The van der Waals surface area contributed by atoms with Gasteiger partial charge in [0.15, 0.2) is 0 Å². The van der Waals surface area contributed by atoms with Crippen LogP contribution in [0.2, 0.25) is 0 Å². The van der Waals surface area contributed by atoms with Crippen LogP contribution < -0.4 is 15.2 Å². The Labute approximate surface area is 102 Å². The third-order valence-corrected chi connectivity index (χ3v) is 3.57. The second kappa shape index (κ2) is 3.91. The molecule has 1 heterocycles. The van der Waals surface area contributed by atoms with Crippen LogP contribution in [-0.4, -0.2) is 18.8 Å². The van der Waals surface area contributed by atoms with Crippen molar-refractivity contribution >= 4 is 0 Å². The molecule has 3 rings (SSSR count). The van der Waals surface area contributed by atoms with Crippen LogP contribution in [0.3, 0.4) is 0 Å². The van der Waals surface area contributed by atoms with E-state index in [0.29, 0.717) is 18.6 Å². The molecule has 1 saturated carbocycles. The highest BCUT2D eigenvalue weighted by Gasteiger charge is 2.38. The maximum atomic E-state index is 5.94. The molecule has 0 amide bonds. The molecule has 0 radical (unpaired) electrons. The second-order valence-electron chi connectivity index (χ2n) is 5.07. The van der Waals surface area contributed by atoms with Crippen molar-refractivity contribution < 1.29 is 9.47 Å². The highest BCUT2D eigenvalue weighted by Crippen LogP contribution is 2.47. The Kier molecular flexibility index (Phi) is 2.51. The van der Waals surface area contributed by atoms with Gasteiger partial charge in [-0.05, 0) is 32.4 Å². The van der Waals surface area contributed by atoms with Crippen molar-refractivity contribution in [3.05, 3.63) is 23.3 Å². The summed E-state index contributed by atoms with van der Waals surface area (Å²) in [6.07, 6.45) is 2.32. The summed E-state index contributed by atoms with van der Waals surface area (Å²) in [7, 11) is 0. The van der Waals surface area contributed by atoms with Crippen LogP contribution in [0.25, 0.3) is 0 Å². The summed E-state index contributed by atoms with van der Waals surface area (Å²) < 4.78 is 11.5. The maximum absolute atomic E-state index is 5.94. The average Bonchev–Trinajstić information content (AvgIpc) is 2.87. The topological polar surface area (TPSA) is 44.5 Å².